The van der Waals surface area contributed by atoms with E-state index in [4.69, 9.17) is 9.47 Å². The quantitative estimate of drug-likeness (QED) is 0.777. The van der Waals surface area contributed by atoms with Crippen LogP contribution < -0.4 is 5.32 Å². The Labute approximate surface area is 121 Å². The highest BCUT2D eigenvalue weighted by Gasteiger charge is 2.50. The maximum Gasteiger partial charge on any atom is 0.326 e. The van der Waals surface area contributed by atoms with Crippen LogP contribution in [0.5, 0.6) is 0 Å². The first-order valence-corrected chi connectivity index (χ1v) is 7.84. The van der Waals surface area contributed by atoms with Gasteiger partial charge in [0, 0.05) is 24.7 Å². The third kappa shape index (κ3) is 2.71. The van der Waals surface area contributed by atoms with Crippen molar-refractivity contribution < 1.29 is 14.3 Å². The molecular weight excluding hydrogens is 256 g/mol. The lowest BCUT2D eigenvalue weighted by Gasteiger charge is -2.38. The summed E-state index contributed by atoms with van der Waals surface area (Å²) in [5.74, 6) is -0.0761. The smallest absolute Gasteiger partial charge is 0.326 e. The number of carbonyl (C=O) groups is 1. The van der Waals surface area contributed by atoms with Crippen molar-refractivity contribution in [3.63, 3.8) is 0 Å². The van der Waals surface area contributed by atoms with Gasteiger partial charge in [-0.1, -0.05) is 0 Å². The molecule has 3 fully saturated rings. The number of esters is 1. The van der Waals surface area contributed by atoms with Gasteiger partial charge in [-0.2, -0.15) is 0 Å². The Balaban J connectivity index is 1.69. The van der Waals surface area contributed by atoms with Crippen molar-refractivity contribution in [1.82, 2.24) is 10.2 Å². The van der Waals surface area contributed by atoms with Crippen molar-refractivity contribution in [2.45, 2.75) is 62.7 Å². The largest absolute Gasteiger partial charge is 0.468 e. The number of methoxy groups -OCH3 is 1. The molecule has 0 spiro atoms. The molecule has 1 heterocycles. The van der Waals surface area contributed by atoms with Crippen molar-refractivity contribution in [2.24, 2.45) is 0 Å². The number of ether oxygens (including phenoxy) is 2. The average Bonchev–Trinajstić information content (AvgIpc) is 3.16. The van der Waals surface area contributed by atoms with Crippen LogP contribution in [0.2, 0.25) is 0 Å². The average molecular weight is 282 g/mol. The van der Waals surface area contributed by atoms with Gasteiger partial charge in [-0.05, 0) is 39.0 Å². The van der Waals surface area contributed by atoms with E-state index >= 15 is 0 Å². The molecule has 0 aromatic rings. The topological polar surface area (TPSA) is 50.8 Å². The molecule has 3 unspecified atom stereocenters. The highest BCUT2D eigenvalue weighted by atomic mass is 16.5. The summed E-state index contributed by atoms with van der Waals surface area (Å²) in [7, 11) is 1.50. The first-order valence-electron chi connectivity index (χ1n) is 7.84. The lowest BCUT2D eigenvalue weighted by molar-refractivity contribution is -0.148. The van der Waals surface area contributed by atoms with Crippen LogP contribution in [0.15, 0.2) is 0 Å². The summed E-state index contributed by atoms with van der Waals surface area (Å²) in [4.78, 5) is 14.8. The predicted molar refractivity (Wildman–Crippen MR) is 75.5 cm³/mol. The highest BCUT2D eigenvalue weighted by molar-refractivity contribution is 5.81. The monoisotopic (exact) mass is 282 g/mol. The van der Waals surface area contributed by atoms with Crippen molar-refractivity contribution in [1.29, 1.82) is 0 Å². The van der Waals surface area contributed by atoms with Gasteiger partial charge in [0.05, 0.1) is 20.3 Å². The minimum atomic E-state index is -0.446. The van der Waals surface area contributed by atoms with Gasteiger partial charge >= 0.3 is 5.97 Å². The van der Waals surface area contributed by atoms with Crippen LogP contribution in [0, 0.1) is 0 Å². The molecule has 0 aromatic carbocycles. The van der Waals surface area contributed by atoms with Crippen LogP contribution in [-0.2, 0) is 14.3 Å². The van der Waals surface area contributed by atoms with E-state index in [0.717, 1.165) is 39.0 Å². The Morgan fingerprint density at radius 1 is 1.40 bits per heavy atom. The molecule has 0 bridgehead atoms. The van der Waals surface area contributed by atoms with E-state index in [9.17, 15) is 4.79 Å². The van der Waals surface area contributed by atoms with Crippen molar-refractivity contribution in [3.8, 4) is 0 Å². The Hall–Kier alpha value is -0.650. The first kappa shape index (κ1) is 14.3. The molecule has 0 aromatic heterocycles. The zero-order valence-corrected chi connectivity index (χ0v) is 12.6. The standard InChI is InChI=1S/C15H26N2O3/c1-11-10-20-8-7-17(11)13-5-6-15(9-13,14(18)19-2)16-12-3-4-12/h11-13,16H,3-10H2,1-2H3. The molecule has 0 radical (unpaired) electrons. The van der Waals surface area contributed by atoms with Crippen molar-refractivity contribution >= 4 is 5.97 Å². The molecule has 1 N–H and O–H groups in total. The molecule has 1 saturated heterocycles. The molecular formula is C15H26N2O3. The van der Waals surface area contributed by atoms with Crippen molar-refractivity contribution in [3.05, 3.63) is 0 Å². The van der Waals surface area contributed by atoms with Crippen molar-refractivity contribution in [2.75, 3.05) is 26.9 Å². The fourth-order valence-corrected chi connectivity index (χ4v) is 3.77. The zero-order valence-electron chi connectivity index (χ0n) is 12.6. The third-order valence-electron chi connectivity index (χ3n) is 5.01. The number of carbonyl (C=O) groups excluding carboxylic acids is 1. The number of rotatable bonds is 4. The molecule has 3 rings (SSSR count). The molecule has 0 amide bonds. The number of nitrogens with zero attached hydrogens (tertiary/aromatic N) is 1. The predicted octanol–water partition coefficient (Wildman–Crippen LogP) is 0.923. The zero-order chi connectivity index (χ0) is 14.2. The third-order valence-corrected chi connectivity index (χ3v) is 5.01. The molecule has 3 aliphatic rings. The lowest BCUT2D eigenvalue weighted by atomic mass is 9.96. The van der Waals surface area contributed by atoms with Crippen LogP contribution in [0.4, 0.5) is 0 Å². The van der Waals surface area contributed by atoms with E-state index in [-0.39, 0.29) is 5.97 Å². The second-order valence-corrected chi connectivity index (χ2v) is 6.55. The van der Waals surface area contributed by atoms with Gasteiger partial charge in [0.25, 0.3) is 0 Å². The maximum absolute atomic E-state index is 12.3. The van der Waals surface area contributed by atoms with Crippen LogP contribution >= 0.6 is 0 Å². The van der Waals surface area contributed by atoms with Gasteiger partial charge in [-0.25, -0.2) is 0 Å². The lowest BCUT2D eigenvalue weighted by Crippen LogP contribution is -2.54. The van der Waals surface area contributed by atoms with E-state index in [1.165, 1.54) is 20.0 Å². The van der Waals surface area contributed by atoms with Gasteiger partial charge < -0.3 is 9.47 Å². The second kappa shape index (κ2) is 5.62. The summed E-state index contributed by atoms with van der Waals surface area (Å²) in [6, 6.07) is 1.44. The molecule has 5 nitrogen and oxygen atoms in total. The van der Waals surface area contributed by atoms with E-state index in [2.05, 4.69) is 17.1 Å². The summed E-state index contributed by atoms with van der Waals surface area (Å²) < 4.78 is 10.6. The summed E-state index contributed by atoms with van der Waals surface area (Å²) in [5, 5.41) is 3.57. The molecule has 114 valence electrons. The molecule has 2 saturated carbocycles. The fourth-order valence-electron chi connectivity index (χ4n) is 3.77. The normalized spacial score (nSPS) is 38.9. The number of nitrogens with one attached hydrogen (secondary N) is 1. The molecule has 1 aliphatic heterocycles. The molecule has 2 aliphatic carbocycles. The highest BCUT2D eigenvalue weighted by Crippen LogP contribution is 2.38. The van der Waals surface area contributed by atoms with E-state index in [0.29, 0.717) is 18.1 Å². The molecule has 5 heteroatoms. The Bertz CT molecular complexity index is 372. The Kier molecular flexibility index (Phi) is 4.02. The van der Waals surface area contributed by atoms with Gasteiger partial charge in [-0.15, -0.1) is 0 Å². The summed E-state index contributed by atoms with van der Waals surface area (Å²) in [6.07, 6.45) is 5.22. The summed E-state index contributed by atoms with van der Waals surface area (Å²) >= 11 is 0. The van der Waals surface area contributed by atoms with Crippen LogP contribution in [0.3, 0.4) is 0 Å². The van der Waals surface area contributed by atoms with Crippen LogP contribution in [0.1, 0.15) is 39.0 Å². The Morgan fingerprint density at radius 2 is 2.20 bits per heavy atom. The van der Waals surface area contributed by atoms with Gasteiger partial charge in [-0.3, -0.25) is 15.0 Å². The van der Waals surface area contributed by atoms with Gasteiger partial charge in [0.15, 0.2) is 0 Å². The molecule has 20 heavy (non-hydrogen) atoms. The molecule has 3 atom stereocenters. The number of hydrogen-bond acceptors (Lipinski definition) is 5. The van der Waals surface area contributed by atoms with Gasteiger partial charge in [0.1, 0.15) is 5.54 Å². The second-order valence-electron chi connectivity index (χ2n) is 6.55. The maximum atomic E-state index is 12.3. The fraction of sp³-hybridized carbons (Fsp3) is 0.933. The summed E-state index contributed by atoms with van der Waals surface area (Å²) in [6.45, 7) is 4.80. The first-order chi connectivity index (χ1) is 9.64. The SMILES string of the molecule is COC(=O)C1(NC2CC2)CCC(N2CCOCC2C)C1. The number of hydrogen-bond donors (Lipinski definition) is 1. The minimum absolute atomic E-state index is 0.0761. The van der Waals surface area contributed by atoms with E-state index in [1.807, 2.05) is 0 Å². The van der Waals surface area contributed by atoms with Crippen LogP contribution in [-0.4, -0.2) is 61.4 Å². The summed E-state index contributed by atoms with van der Waals surface area (Å²) in [5.41, 5.74) is -0.446. The minimum Gasteiger partial charge on any atom is -0.468 e. The number of morpholine rings is 1. The van der Waals surface area contributed by atoms with Crippen LogP contribution in [0.25, 0.3) is 0 Å². The Morgan fingerprint density at radius 3 is 2.85 bits per heavy atom. The van der Waals surface area contributed by atoms with Gasteiger partial charge in [0.2, 0.25) is 0 Å². The van der Waals surface area contributed by atoms with E-state index < -0.39 is 5.54 Å². The van der Waals surface area contributed by atoms with E-state index in [1.54, 1.807) is 0 Å².